The molecule has 1 aromatic carbocycles. The lowest BCUT2D eigenvalue weighted by molar-refractivity contribution is -0.165. The van der Waals surface area contributed by atoms with E-state index in [1.54, 1.807) is 12.1 Å². The minimum absolute atomic E-state index is 0.141. The lowest BCUT2D eigenvalue weighted by atomic mass is 9.75. The number of carbonyl (C=O) groups excluding carboxylic acids is 2. The SMILES string of the molecule is CC1CCC(C(C)C)C(OC(=O)COC(=O)C=Cc2ccc(S(=O)(=O)N3CCOCC3)cc2)C1. The fourth-order valence-electron chi connectivity index (χ4n) is 4.48. The van der Waals surface area contributed by atoms with E-state index < -0.39 is 28.6 Å². The molecule has 3 atom stereocenters. The Hall–Kier alpha value is -2.23. The van der Waals surface area contributed by atoms with Crippen molar-refractivity contribution < 1.29 is 32.2 Å². The Morgan fingerprint density at radius 3 is 2.47 bits per heavy atom. The zero-order valence-corrected chi connectivity index (χ0v) is 21.0. The second-order valence-electron chi connectivity index (χ2n) is 9.38. The summed E-state index contributed by atoms with van der Waals surface area (Å²) in [6.07, 6.45) is 5.58. The first-order valence-electron chi connectivity index (χ1n) is 11.9. The fraction of sp³-hybridized carbons (Fsp3) is 0.600. The van der Waals surface area contributed by atoms with E-state index in [-0.39, 0.29) is 11.0 Å². The molecule has 0 radical (unpaired) electrons. The van der Waals surface area contributed by atoms with E-state index >= 15 is 0 Å². The molecule has 3 unspecified atom stereocenters. The second-order valence-corrected chi connectivity index (χ2v) is 11.3. The molecule has 0 spiro atoms. The fourth-order valence-corrected chi connectivity index (χ4v) is 5.89. The molecule has 0 bridgehead atoms. The van der Waals surface area contributed by atoms with Gasteiger partial charge in [0.15, 0.2) is 6.61 Å². The average Bonchev–Trinajstić information content (AvgIpc) is 2.82. The summed E-state index contributed by atoms with van der Waals surface area (Å²) in [6.45, 7) is 7.42. The number of carbonyl (C=O) groups is 2. The zero-order valence-electron chi connectivity index (χ0n) is 20.1. The Balaban J connectivity index is 1.48. The molecule has 8 nitrogen and oxygen atoms in total. The van der Waals surface area contributed by atoms with Gasteiger partial charge in [0.2, 0.25) is 10.0 Å². The van der Waals surface area contributed by atoms with Crippen molar-refractivity contribution in [3.63, 3.8) is 0 Å². The highest BCUT2D eigenvalue weighted by Crippen LogP contribution is 2.35. The van der Waals surface area contributed by atoms with Crippen LogP contribution in [0.1, 0.15) is 45.6 Å². The lowest BCUT2D eigenvalue weighted by Crippen LogP contribution is -2.40. The average molecular weight is 494 g/mol. The topological polar surface area (TPSA) is 99.2 Å². The van der Waals surface area contributed by atoms with E-state index in [0.717, 1.165) is 19.3 Å². The molecule has 0 N–H and O–H groups in total. The van der Waals surface area contributed by atoms with Crippen molar-refractivity contribution in [3.05, 3.63) is 35.9 Å². The molecule has 1 aliphatic carbocycles. The van der Waals surface area contributed by atoms with E-state index in [1.165, 1.54) is 28.6 Å². The summed E-state index contributed by atoms with van der Waals surface area (Å²) < 4.78 is 42.6. The number of benzene rings is 1. The maximum absolute atomic E-state index is 12.7. The number of rotatable bonds is 8. The van der Waals surface area contributed by atoms with Crippen LogP contribution in [0.15, 0.2) is 35.2 Å². The van der Waals surface area contributed by atoms with Crippen molar-refractivity contribution in [2.75, 3.05) is 32.9 Å². The van der Waals surface area contributed by atoms with Crippen molar-refractivity contribution in [3.8, 4) is 0 Å². The molecule has 188 valence electrons. The standard InChI is InChI=1S/C25H35NO7S/c1-18(2)22-10-4-19(3)16-23(22)33-25(28)17-32-24(27)11-7-20-5-8-21(9-6-20)34(29,30)26-12-14-31-15-13-26/h5-9,11,18-19,22-23H,4,10,12-17H2,1-3H3. The number of ether oxygens (including phenoxy) is 3. The molecule has 3 rings (SSSR count). The normalized spacial score (nSPS) is 24.3. The summed E-state index contributed by atoms with van der Waals surface area (Å²) in [5.74, 6) is 0.0499. The molecule has 34 heavy (non-hydrogen) atoms. The van der Waals surface area contributed by atoms with Crippen LogP contribution in [0.2, 0.25) is 0 Å². The molecule has 0 amide bonds. The molecule has 1 heterocycles. The largest absolute Gasteiger partial charge is 0.460 e. The summed E-state index contributed by atoms with van der Waals surface area (Å²) in [5.41, 5.74) is 0.636. The van der Waals surface area contributed by atoms with Gasteiger partial charge in [-0.15, -0.1) is 0 Å². The highest BCUT2D eigenvalue weighted by Gasteiger charge is 2.33. The van der Waals surface area contributed by atoms with Gasteiger partial charge in [-0.2, -0.15) is 4.31 Å². The van der Waals surface area contributed by atoms with Crippen LogP contribution in [0.4, 0.5) is 0 Å². The number of morpholine rings is 1. The van der Waals surface area contributed by atoms with Gasteiger partial charge in [0.05, 0.1) is 18.1 Å². The molecular weight excluding hydrogens is 458 g/mol. The number of sulfonamides is 1. The van der Waals surface area contributed by atoms with Crippen LogP contribution in [-0.4, -0.2) is 63.7 Å². The van der Waals surface area contributed by atoms with Gasteiger partial charge in [0.25, 0.3) is 0 Å². The van der Waals surface area contributed by atoms with Crippen LogP contribution in [0.25, 0.3) is 6.08 Å². The Morgan fingerprint density at radius 2 is 1.82 bits per heavy atom. The van der Waals surface area contributed by atoms with Crippen LogP contribution in [0.5, 0.6) is 0 Å². The monoisotopic (exact) mass is 493 g/mol. The minimum atomic E-state index is -3.57. The third-order valence-electron chi connectivity index (χ3n) is 6.48. The predicted octanol–water partition coefficient (Wildman–Crippen LogP) is 3.27. The minimum Gasteiger partial charge on any atom is -0.460 e. The van der Waals surface area contributed by atoms with Gasteiger partial charge in [-0.05, 0) is 54.4 Å². The van der Waals surface area contributed by atoms with Crippen LogP contribution < -0.4 is 0 Å². The third-order valence-corrected chi connectivity index (χ3v) is 8.39. The Kier molecular flexibility index (Phi) is 9.27. The maximum atomic E-state index is 12.7. The van der Waals surface area contributed by atoms with Crippen LogP contribution in [0, 0.1) is 17.8 Å². The van der Waals surface area contributed by atoms with E-state index in [1.807, 2.05) is 0 Å². The quantitative estimate of drug-likeness (QED) is 0.405. The number of hydrogen-bond donors (Lipinski definition) is 0. The van der Waals surface area contributed by atoms with Gasteiger partial charge < -0.3 is 14.2 Å². The molecule has 9 heteroatoms. The van der Waals surface area contributed by atoms with Gasteiger partial charge in [-0.3, -0.25) is 0 Å². The Bertz CT molecular complexity index is 965. The van der Waals surface area contributed by atoms with Crippen LogP contribution >= 0.6 is 0 Å². The van der Waals surface area contributed by atoms with Gasteiger partial charge in [0.1, 0.15) is 6.10 Å². The van der Waals surface area contributed by atoms with Crippen molar-refractivity contribution in [1.29, 1.82) is 0 Å². The first-order valence-corrected chi connectivity index (χ1v) is 13.3. The molecule has 2 aliphatic rings. The summed E-state index contributed by atoms with van der Waals surface area (Å²) in [5, 5.41) is 0. The van der Waals surface area contributed by atoms with E-state index in [2.05, 4.69) is 20.8 Å². The molecule has 1 aliphatic heterocycles. The third kappa shape index (κ3) is 7.13. The molecule has 2 fully saturated rings. The second kappa shape index (κ2) is 12.0. The first kappa shape index (κ1) is 26.4. The van der Waals surface area contributed by atoms with E-state index in [9.17, 15) is 18.0 Å². The molecule has 1 saturated heterocycles. The van der Waals surface area contributed by atoms with Gasteiger partial charge in [-0.1, -0.05) is 39.3 Å². The van der Waals surface area contributed by atoms with Crippen molar-refractivity contribution in [1.82, 2.24) is 4.31 Å². The predicted molar refractivity (Wildman–Crippen MR) is 127 cm³/mol. The van der Waals surface area contributed by atoms with Crippen LogP contribution in [-0.2, 0) is 33.8 Å². The van der Waals surface area contributed by atoms with Gasteiger partial charge >= 0.3 is 11.9 Å². The smallest absolute Gasteiger partial charge is 0.344 e. The summed E-state index contributed by atoms with van der Waals surface area (Å²) in [7, 11) is -3.57. The lowest BCUT2D eigenvalue weighted by Gasteiger charge is -2.36. The van der Waals surface area contributed by atoms with Crippen molar-refractivity contribution in [2.24, 2.45) is 17.8 Å². The Morgan fingerprint density at radius 1 is 1.15 bits per heavy atom. The van der Waals surface area contributed by atoms with Gasteiger partial charge in [0, 0.05) is 19.2 Å². The molecule has 1 saturated carbocycles. The summed E-state index contributed by atoms with van der Waals surface area (Å²) in [6, 6.07) is 6.23. The zero-order chi connectivity index (χ0) is 24.7. The van der Waals surface area contributed by atoms with E-state index in [0.29, 0.717) is 49.6 Å². The first-order chi connectivity index (χ1) is 16.2. The molecule has 1 aromatic rings. The van der Waals surface area contributed by atoms with Crippen LogP contribution in [0.3, 0.4) is 0 Å². The summed E-state index contributed by atoms with van der Waals surface area (Å²) in [4.78, 5) is 24.5. The van der Waals surface area contributed by atoms with Crippen molar-refractivity contribution in [2.45, 2.75) is 51.0 Å². The number of esters is 2. The molecular formula is C25H35NO7S. The maximum Gasteiger partial charge on any atom is 0.344 e. The van der Waals surface area contributed by atoms with Gasteiger partial charge in [-0.25, -0.2) is 18.0 Å². The van der Waals surface area contributed by atoms with Crippen molar-refractivity contribution >= 4 is 28.0 Å². The summed E-state index contributed by atoms with van der Waals surface area (Å²) >= 11 is 0. The number of hydrogen-bond acceptors (Lipinski definition) is 7. The number of nitrogens with zero attached hydrogens (tertiary/aromatic N) is 1. The molecule has 0 aromatic heterocycles. The highest BCUT2D eigenvalue weighted by molar-refractivity contribution is 7.89. The van der Waals surface area contributed by atoms with E-state index in [4.69, 9.17) is 14.2 Å². The Labute approximate surface area is 202 Å². The highest BCUT2D eigenvalue weighted by atomic mass is 32.2.